The molecule has 0 spiro atoms. The van der Waals surface area contributed by atoms with Gasteiger partial charge in [0.15, 0.2) is 0 Å². The molecule has 2 aromatic rings. The largest absolute Gasteiger partial charge is 0.463 e. The molecule has 4 heterocycles. The van der Waals surface area contributed by atoms with E-state index in [2.05, 4.69) is 0 Å². The molecule has 0 aliphatic carbocycles. The number of hydrogen-bond acceptors (Lipinski definition) is 7. The van der Waals surface area contributed by atoms with Gasteiger partial charge in [0, 0.05) is 6.92 Å². The van der Waals surface area contributed by atoms with E-state index >= 15 is 0 Å². The van der Waals surface area contributed by atoms with Crippen LogP contribution in [0.1, 0.15) is 65.3 Å². The van der Waals surface area contributed by atoms with Crippen molar-refractivity contribution in [3.63, 3.8) is 0 Å². The van der Waals surface area contributed by atoms with Crippen LogP contribution in [0.5, 0.6) is 0 Å². The lowest BCUT2D eigenvalue weighted by atomic mass is 9.90. The number of fused-ring (bicyclic) bond motifs is 2. The van der Waals surface area contributed by atoms with Gasteiger partial charge < -0.3 is 9.47 Å². The van der Waals surface area contributed by atoms with E-state index in [0.717, 1.165) is 44.5 Å². The molecule has 43 heavy (non-hydrogen) atoms. The first kappa shape index (κ1) is 29.9. The molecule has 0 bridgehead atoms. The van der Waals surface area contributed by atoms with E-state index in [-0.39, 0.29) is 39.4 Å². The first-order valence-electron chi connectivity index (χ1n) is 14.5. The number of amides is 4. The summed E-state index contributed by atoms with van der Waals surface area (Å²) in [7, 11) is 0. The second kappa shape index (κ2) is 10.6. The van der Waals surface area contributed by atoms with E-state index in [9.17, 15) is 19.2 Å². The van der Waals surface area contributed by atoms with Gasteiger partial charge in [-0.1, -0.05) is 24.3 Å². The van der Waals surface area contributed by atoms with E-state index in [1.807, 2.05) is 52.0 Å². The zero-order valence-corrected chi connectivity index (χ0v) is 25.7. The summed E-state index contributed by atoms with van der Waals surface area (Å²) in [6, 6.07) is 8.65. The summed E-state index contributed by atoms with van der Waals surface area (Å²) in [5.41, 5.74) is 3.21. The van der Waals surface area contributed by atoms with Crippen LogP contribution in [0.4, 0.5) is 9.59 Å². The Bertz CT molecular complexity index is 1400. The second-order valence-corrected chi connectivity index (χ2v) is 11.3. The van der Waals surface area contributed by atoms with Crippen LogP contribution < -0.4 is 0 Å². The normalized spacial score (nSPS) is 22.8. The highest BCUT2D eigenvalue weighted by Gasteiger charge is 2.87. The molecule has 0 N–H and O–H groups in total. The van der Waals surface area contributed by atoms with E-state index in [1.54, 1.807) is 19.9 Å². The highest BCUT2D eigenvalue weighted by molar-refractivity contribution is 6.09. The molecule has 2 aromatic carbocycles. The first-order valence-corrected chi connectivity index (χ1v) is 14.5. The summed E-state index contributed by atoms with van der Waals surface area (Å²) >= 11 is 0. The van der Waals surface area contributed by atoms with Crippen molar-refractivity contribution in [2.45, 2.75) is 86.0 Å². The fourth-order valence-corrected chi connectivity index (χ4v) is 6.95. The highest BCUT2D eigenvalue weighted by Crippen LogP contribution is 2.57. The van der Waals surface area contributed by atoms with Crippen molar-refractivity contribution in [3.05, 3.63) is 68.8 Å². The molecule has 4 amide bonds. The molecule has 11 heteroatoms. The monoisotopic (exact) mass is 587 g/mol. The van der Waals surface area contributed by atoms with Gasteiger partial charge in [-0.2, -0.15) is 5.26 Å². The number of urea groups is 2. The third-order valence-electron chi connectivity index (χ3n) is 9.04. The third-order valence-corrected chi connectivity index (χ3v) is 9.04. The number of rotatable bonds is 4. The summed E-state index contributed by atoms with van der Waals surface area (Å²) in [5.74, 6) is -1.65. The quantitative estimate of drug-likeness (QED) is 0.492. The molecule has 0 radical (unpaired) electrons. The van der Waals surface area contributed by atoms with E-state index in [4.69, 9.17) is 14.7 Å². The number of aryl methyl sites for hydroxylation is 4. The van der Waals surface area contributed by atoms with Crippen LogP contribution in [-0.2, 0) is 45.2 Å². The predicted octanol–water partition coefficient (Wildman–Crippen LogP) is 4.17. The number of ether oxygens (including phenoxy) is 2. The lowest BCUT2D eigenvalue weighted by molar-refractivity contribution is -0.191. The van der Waals surface area contributed by atoms with Gasteiger partial charge in [-0.05, 0) is 86.1 Å². The standard InChI is InChI=1S/C30H34N4O6.C2H3N/c1-7-39-25(35)29-30(26(36)40-8-2)33-15-23-11-19(5)20(6)12-24(23)16-34(30)28(38)32(29)14-22-10-18(4)17(3)9-21(22)13-31(29)27(33)37;1-2-3/h9-12H,7-8,13-16H2,1-6H3;1H3. The molecule has 226 valence electrons. The van der Waals surface area contributed by atoms with Crippen molar-refractivity contribution in [1.29, 1.82) is 5.26 Å². The molecular formula is C32H37N5O6. The van der Waals surface area contributed by atoms with Gasteiger partial charge >= 0.3 is 24.0 Å². The predicted molar refractivity (Wildman–Crippen MR) is 155 cm³/mol. The van der Waals surface area contributed by atoms with Crippen LogP contribution in [0.2, 0.25) is 0 Å². The molecule has 2 fully saturated rings. The minimum absolute atomic E-state index is 0.00727. The maximum Gasteiger partial charge on any atom is 0.358 e. The van der Waals surface area contributed by atoms with Crippen molar-refractivity contribution in [2.24, 2.45) is 0 Å². The number of esters is 2. The number of carbonyl (C=O) groups is 4. The Morgan fingerprint density at radius 1 is 0.674 bits per heavy atom. The molecule has 0 unspecified atom stereocenters. The van der Waals surface area contributed by atoms with Crippen LogP contribution in [0, 0.1) is 39.0 Å². The fourth-order valence-electron chi connectivity index (χ4n) is 6.95. The zero-order valence-electron chi connectivity index (χ0n) is 25.7. The fraction of sp³-hybridized carbons (Fsp3) is 0.469. The zero-order chi connectivity index (χ0) is 31.4. The van der Waals surface area contributed by atoms with Crippen molar-refractivity contribution in [2.75, 3.05) is 13.2 Å². The van der Waals surface area contributed by atoms with Crippen molar-refractivity contribution in [1.82, 2.24) is 19.6 Å². The maximum atomic E-state index is 14.6. The Balaban J connectivity index is 0.00000118. The molecular weight excluding hydrogens is 550 g/mol. The molecule has 0 aromatic heterocycles. The van der Waals surface area contributed by atoms with Gasteiger partial charge in [0.25, 0.3) is 11.3 Å². The topological polar surface area (TPSA) is 123 Å². The number of nitriles is 1. The van der Waals surface area contributed by atoms with Crippen LogP contribution in [0.3, 0.4) is 0 Å². The summed E-state index contributed by atoms with van der Waals surface area (Å²) in [6.07, 6.45) is 0. The van der Waals surface area contributed by atoms with Gasteiger partial charge in [-0.3, -0.25) is 19.6 Å². The molecule has 4 aliphatic rings. The third kappa shape index (κ3) is 3.85. The number of nitrogens with zero attached hydrogens (tertiary/aromatic N) is 5. The number of carbonyl (C=O) groups excluding carboxylic acids is 4. The van der Waals surface area contributed by atoms with Crippen molar-refractivity contribution in [3.8, 4) is 6.07 Å². The van der Waals surface area contributed by atoms with Gasteiger partial charge in [-0.15, -0.1) is 0 Å². The van der Waals surface area contributed by atoms with E-state index < -0.39 is 35.3 Å². The van der Waals surface area contributed by atoms with Crippen LogP contribution in [0.15, 0.2) is 24.3 Å². The lowest BCUT2D eigenvalue weighted by Gasteiger charge is -2.43. The second-order valence-electron chi connectivity index (χ2n) is 11.3. The average molecular weight is 588 g/mol. The number of hydrogen-bond donors (Lipinski definition) is 0. The van der Waals surface area contributed by atoms with Crippen molar-refractivity contribution < 1.29 is 28.7 Å². The Morgan fingerprint density at radius 2 is 0.907 bits per heavy atom. The average Bonchev–Trinajstić information content (AvgIpc) is 3.12. The molecule has 6 rings (SSSR count). The molecule has 0 atom stereocenters. The van der Waals surface area contributed by atoms with Gasteiger partial charge in [0.2, 0.25) is 0 Å². The van der Waals surface area contributed by atoms with E-state index in [0.29, 0.717) is 0 Å². The van der Waals surface area contributed by atoms with Gasteiger partial charge in [0.05, 0.1) is 45.5 Å². The Hall–Kier alpha value is -4.59. The smallest absolute Gasteiger partial charge is 0.358 e. The minimum Gasteiger partial charge on any atom is -0.463 e. The maximum absolute atomic E-state index is 14.6. The molecule has 0 saturated carbocycles. The number of benzene rings is 2. The van der Waals surface area contributed by atoms with Crippen molar-refractivity contribution >= 4 is 24.0 Å². The Labute approximate surface area is 251 Å². The van der Waals surface area contributed by atoms with Crippen LogP contribution in [-0.4, -0.2) is 68.1 Å². The molecule has 2 saturated heterocycles. The van der Waals surface area contributed by atoms with Gasteiger partial charge in [-0.25, -0.2) is 19.2 Å². The Kier molecular flexibility index (Phi) is 7.37. The first-order chi connectivity index (χ1) is 20.4. The van der Waals surface area contributed by atoms with Crippen LogP contribution >= 0.6 is 0 Å². The van der Waals surface area contributed by atoms with Gasteiger partial charge in [0.1, 0.15) is 0 Å². The van der Waals surface area contributed by atoms with Crippen LogP contribution in [0.25, 0.3) is 0 Å². The SMILES string of the molecule is CC#N.CCOC(=O)C12N3Cc4cc(C)c(C)cc4CN1C(=O)N1Cc4cc(C)c(C)cc4CN(C3=O)C12C(=O)OCC. The Morgan fingerprint density at radius 3 is 1.12 bits per heavy atom. The molecule has 4 aliphatic heterocycles. The lowest BCUT2D eigenvalue weighted by Crippen LogP contribution is -2.75. The summed E-state index contributed by atoms with van der Waals surface area (Å²) in [6.45, 7) is 12.8. The summed E-state index contributed by atoms with van der Waals surface area (Å²) in [4.78, 5) is 63.3. The summed E-state index contributed by atoms with van der Waals surface area (Å²) < 4.78 is 11.3. The summed E-state index contributed by atoms with van der Waals surface area (Å²) in [5, 5.41) is 7.32. The van der Waals surface area contributed by atoms with E-state index in [1.165, 1.54) is 26.5 Å². The molecule has 11 nitrogen and oxygen atoms in total. The highest BCUT2D eigenvalue weighted by atomic mass is 16.6. The minimum atomic E-state index is -2.09.